The van der Waals surface area contributed by atoms with Crippen molar-refractivity contribution in [3.8, 4) is 0 Å². The van der Waals surface area contributed by atoms with E-state index in [0.29, 0.717) is 11.8 Å². The molecule has 0 aliphatic carbocycles. The smallest absolute Gasteiger partial charge is 0.274 e. The van der Waals surface area contributed by atoms with Crippen LogP contribution in [0.4, 0.5) is 15.8 Å². The van der Waals surface area contributed by atoms with E-state index in [0.717, 1.165) is 10.4 Å². The van der Waals surface area contributed by atoms with Gasteiger partial charge in [-0.2, -0.15) is 16.1 Å². The Morgan fingerprint density at radius 2 is 2.10 bits per heavy atom. The molecule has 7 nitrogen and oxygen atoms in total. The summed E-state index contributed by atoms with van der Waals surface area (Å²) in [5, 5.41) is 13.2. The van der Waals surface area contributed by atoms with Gasteiger partial charge in [-0.1, -0.05) is 0 Å². The Labute approximate surface area is 126 Å². The summed E-state index contributed by atoms with van der Waals surface area (Å²) < 4.78 is 39.9. The molecule has 0 atom stereocenters. The fourth-order valence-electron chi connectivity index (χ4n) is 1.63. The standard InChI is InChI=1S/C11H16FN3O4S2/c1-13-10-7-8(15(16)17)6-9(12)11(10)21(18,19)14(2)4-5-20-3/h6-7,13H,4-5H2,1-3H3. The summed E-state index contributed by atoms with van der Waals surface area (Å²) >= 11 is 1.46. The lowest BCUT2D eigenvalue weighted by Crippen LogP contribution is -2.30. The average Bonchev–Trinajstić information content (AvgIpc) is 2.42. The second-order valence-electron chi connectivity index (χ2n) is 4.13. The van der Waals surface area contributed by atoms with E-state index in [2.05, 4.69) is 5.32 Å². The number of halogens is 1. The van der Waals surface area contributed by atoms with Crippen molar-refractivity contribution in [2.75, 3.05) is 38.0 Å². The molecule has 1 rings (SSSR count). The highest BCUT2D eigenvalue weighted by Gasteiger charge is 2.29. The van der Waals surface area contributed by atoms with Crippen molar-refractivity contribution in [2.45, 2.75) is 4.90 Å². The SMILES string of the molecule is CNc1cc([N+](=O)[O-])cc(F)c1S(=O)(=O)N(C)CCSC. The number of non-ortho nitro benzene ring substituents is 1. The molecule has 0 aliphatic heterocycles. The first-order valence-corrected chi connectivity index (χ1v) is 8.70. The third-order valence-corrected chi connectivity index (χ3v) is 5.31. The summed E-state index contributed by atoms with van der Waals surface area (Å²) in [6, 6.07) is 1.61. The lowest BCUT2D eigenvalue weighted by atomic mass is 10.2. The van der Waals surface area contributed by atoms with Crippen molar-refractivity contribution >= 4 is 33.2 Å². The molecule has 0 unspecified atom stereocenters. The van der Waals surface area contributed by atoms with Crippen LogP contribution in [0, 0.1) is 15.9 Å². The predicted molar refractivity (Wildman–Crippen MR) is 80.8 cm³/mol. The van der Waals surface area contributed by atoms with E-state index in [1.807, 2.05) is 6.26 Å². The first-order chi connectivity index (χ1) is 9.75. The first kappa shape index (κ1) is 17.7. The Morgan fingerprint density at radius 1 is 1.48 bits per heavy atom. The molecule has 1 aromatic rings. The Kier molecular flexibility index (Phi) is 5.93. The van der Waals surface area contributed by atoms with Crippen LogP contribution in [0.3, 0.4) is 0 Å². The van der Waals surface area contributed by atoms with E-state index < -0.39 is 31.3 Å². The molecule has 1 N–H and O–H groups in total. The molecular weight excluding hydrogens is 321 g/mol. The maximum Gasteiger partial charge on any atom is 0.274 e. The Bertz CT molecular complexity index is 637. The molecule has 0 heterocycles. The van der Waals surface area contributed by atoms with Crippen LogP contribution < -0.4 is 5.32 Å². The molecule has 10 heteroatoms. The molecule has 0 bridgehead atoms. The molecule has 0 fully saturated rings. The van der Waals surface area contributed by atoms with Gasteiger partial charge in [0.1, 0.15) is 4.90 Å². The second kappa shape index (κ2) is 7.05. The van der Waals surface area contributed by atoms with Crippen LogP contribution in [0.15, 0.2) is 17.0 Å². The number of hydrogen-bond acceptors (Lipinski definition) is 6. The van der Waals surface area contributed by atoms with E-state index in [1.165, 1.54) is 25.9 Å². The first-order valence-electron chi connectivity index (χ1n) is 5.86. The minimum Gasteiger partial charge on any atom is -0.387 e. The zero-order valence-corrected chi connectivity index (χ0v) is 13.4. The van der Waals surface area contributed by atoms with E-state index in [-0.39, 0.29) is 12.2 Å². The van der Waals surface area contributed by atoms with Gasteiger partial charge in [0.2, 0.25) is 10.0 Å². The molecule has 0 spiro atoms. The highest BCUT2D eigenvalue weighted by atomic mass is 32.2. The van der Waals surface area contributed by atoms with E-state index in [4.69, 9.17) is 0 Å². The van der Waals surface area contributed by atoms with Gasteiger partial charge in [-0.05, 0) is 6.26 Å². The summed E-state index contributed by atoms with van der Waals surface area (Å²) in [7, 11) is -1.35. The third kappa shape index (κ3) is 3.83. The quantitative estimate of drug-likeness (QED) is 0.602. The molecule has 118 valence electrons. The molecule has 0 amide bonds. The van der Waals surface area contributed by atoms with Crippen molar-refractivity contribution in [3.05, 3.63) is 28.1 Å². The molecular formula is C11H16FN3O4S2. The fourth-order valence-corrected chi connectivity index (χ4v) is 3.59. The molecule has 1 aromatic carbocycles. The van der Waals surface area contributed by atoms with Gasteiger partial charge >= 0.3 is 0 Å². The number of nitrogens with zero attached hydrogens (tertiary/aromatic N) is 2. The Hall–Kier alpha value is -1.39. The zero-order valence-electron chi connectivity index (χ0n) is 11.8. The lowest BCUT2D eigenvalue weighted by molar-refractivity contribution is -0.385. The van der Waals surface area contributed by atoms with E-state index in [9.17, 15) is 22.9 Å². The van der Waals surface area contributed by atoms with Crippen molar-refractivity contribution in [3.63, 3.8) is 0 Å². The average molecular weight is 337 g/mol. The zero-order chi connectivity index (χ0) is 16.2. The van der Waals surface area contributed by atoms with Crippen molar-refractivity contribution in [1.29, 1.82) is 0 Å². The summed E-state index contributed by atoms with van der Waals surface area (Å²) in [5.74, 6) is -0.594. The number of nitro benzene ring substituents is 1. The summed E-state index contributed by atoms with van der Waals surface area (Å²) in [4.78, 5) is 9.34. The monoisotopic (exact) mass is 337 g/mol. The Balaban J connectivity index is 3.38. The van der Waals surface area contributed by atoms with Crippen LogP contribution in [-0.2, 0) is 10.0 Å². The number of thioether (sulfide) groups is 1. The molecule has 0 aromatic heterocycles. The van der Waals surface area contributed by atoms with Gasteiger partial charge in [0.25, 0.3) is 5.69 Å². The molecule has 21 heavy (non-hydrogen) atoms. The largest absolute Gasteiger partial charge is 0.387 e. The van der Waals surface area contributed by atoms with Gasteiger partial charge in [-0.25, -0.2) is 12.8 Å². The van der Waals surface area contributed by atoms with E-state index >= 15 is 0 Å². The molecule has 0 saturated heterocycles. The maximum atomic E-state index is 14.1. The normalized spacial score (nSPS) is 11.7. The molecule has 0 aliphatic rings. The minimum absolute atomic E-state index is 0.141. The van der Waals surface area contributed by atoms with Crippen LogP contribution in [0.25, 0.3) is 0 Å². The number of sulfonamides is 1. The number of rotatable bonds is 7. The maximum absolute atomic E-state index is 14.1. The van der Waals surface area contributed by atoms with Crippen LogP contribution in [0.1, 0.15) is 0 Å². The summed E-state index contributed by atoms with van der Waals surface area (Å²) in [6.07, 6.45) is 1.83. The minimum atomic E-state index is -4.07. The van der Waals surface area contributed by atoms with Crippen LogP contribution >= 0.6 is 11.8 Å². The third-order valence-electron chi connectivity index (χ3n) is 2.79. The van der Waals surface area contributed by atoms with Gasteiger partial charge < -0.3 is 5.32 Å². The number of nitrogens with one attached hydrogen (secondary N) is 1. The van der Waals surface area contributed by atoms with Gasteiger partial charge in [0.05, 0.1) is 16.7 Å². The predicted octanol–water partition coefficient (Wildman–Crippen LogP) is 1.76. The van der Waals surface area contributed by atoms with Crippen molar-refractivity contribution in [2.24, 2.45) is 0 Å². The lowest BCUT2D eigenvalue weighted by Gasteiger charge is -2.19. The summed E-state index contributed by atoms with van der Waals surface area (Å²) in [6.45, 7) is 0.211. The number of anilines is 1. The topological polar surface area (TPSA) is 92.5 Å². The molecule has 0 radical (unpaired) electrons. The summed E-state index contributed by atoms with van der Waals surface area (Å²) in [5.41, 5.74) is -0.653. The Morgan fingerprint density at radius 3 is 2.57 bits per heavy atom. The second-order valence-corrected chi connectivity index (χ2v) is 7.10. The van der Waals surface area contributed by atoms with Crippen molar-refractivity contribution in [1.82, 2.24) is 4.31 Å². The van der Waals surface area contributed by atoms with Gasteiger partial charge in [0, 0.05) is 32.5 Å². The fraction of sp³-hybridized carbons (Fsp3) is 0.455. The van der Waals surface area contributed by atoms with Crippen LogP contribution in [0.5, 0.6) is 0 Å². The highest BCUT2D eigenvalue weighted by molar-refractivity contribution is 7.98. The highest BCUT2D eigenvalue weighted by Crippen LogP contribution is 2.31. The van der Waals surface area contributed by atoms with Crippen molar-refractivity contribution < 1.29 is 17.7 Å². The number of nitro groups is 1. The number of benzene rings is 1. The van der Waals surface area contributed by atoms with Crippen LogP contribution in [0.2, 0.25) is 0 Å². The van der Waals surface area contributed by atoms with Gasteiger partial charge in [-0.15, -0.1) is 0 Å². The van der Waals surface area contributed by atoms with E-state index in [1.54, 1.807) is 0 Å². The van der Waals surface area contributed by atoms with Gasteiger partial charge in [-0.3, -0.25) is 10.1 Å². The number of hydrogen-bond donors (Lipinski definition) is 1. The molecule has 0 saturated carbocycles. The van der Waals surface area contributed by atoms with Crippen LogP contribution in [-0.4, -0.2) is 50.3 Å². The van der Waals surface area contributed by atoms with Gasteiger partial charge in [0.15, 0.2) is 5.82 Å².